The first-order valence-electron chi connectivity index (χ1n) is 7.20. The molecule has 1 saturated carbocycles. The van der Waals surface area contributed by atoms with E-state index in [9.17, 15) is 9.90 Å². The van der Waals surface area contributed by atoms with Crippen molar-refractivity contribution in [2.24, 2.45) is 11.8 Å². The second-order valence-electron chi connectivity index (χ2n) is 6.28. The van der Waals surface area contributed by atoms with Gasteiger partial charge in [0.25, 0.3) is 0 Å². The Morgan fingerprint density at radius 3 is 2.44 bits per heavy atom. The van der Waals surface area contributed by atoms with Crippen molar-refractivity contribution in [3.8, 4) is 0 Å². The molecular weight excluding hydrogens is 228 g/mol. The van der Waals surface area contributed by atoms with Crippen molar-refractivity contribution in [1.29, 1.82) is 0 Å². The van der Waals surface area contributed by atoms with E-state index in [1.165, 1.54) is 12.8 Å². The van der Waals surface area contributed by atoms with Gasteiger partial charge in [-0.2, -0.15) is 0 Å². The molecule has 0 bridgehead atoms. The van der Waals surface area contributed by atoms with Gasteiger partial charge in [0, 0.05) is 31.1 Å². The minimum atomic E-state index is -0.287. The Labute approximate surface area is 110 Å². The number of carbonyl (C=O) groups excluding carboxylic acids is 1. The second-order valence-corrected chi connectivity index (χ2v) is 6.28. The predicted octanol–water partition coefficient (Wildman–Crippen LogP) is 0.992. The van der Waals surface area contributed by atoms with E-state index in [1.54, 1.807) is 0 Å². The number of rotatable bonds is 4. The van der Waals surface area contributed by atoms with Gasteiger partial charge < -0.3 is 10.4 Å². The van der Waals surface area contributed by atoms with E-state index in [4.69, 9.17) is 0 Å². The number of aliphatic hydroxyl groups is 1. The van der Waals surface area contributed by atoms with E-state index in [-0.39, 0.29) is 29.9 Å². The maximum absolute atomic E-state index is 11.8. The van der Waals surface area contributed by atoms with Gasteiger partial charge in [-0.3, -0.25) is 9.69 Å². The van der Waals surface area contributed by atoms with Crippen molar-refractivity contribution >= 4 is 5.91 Å². The SMILES string of the molecule is CC(C)C(=O)NC1CC(C(C)O)CN(C2CC2)C1. The molecule has 104 valence electrons. The molecular formula is C14H26N2O2. The zero-order valence-corrected chi connectivity index (χ0v) is 11.7. The van der Waals surface area contributed by atoms with Gasteiger partial charge in [0.1, 0.15) is 0 Å². The van der Waals surface area contributed by atoms with Crippen molar-refractivity contribution in [2.45, 2.75) is 58.2 Å². The number of aliphatic hydroxyl groups excluding tert-OH is 1. The average molecular weight is 254 g/mol. The lowest BCUT2D eigenvalue weighted by Crippen LogP contribution is -2.53. The Hall–Kier alpha value is -0.610. The summed E-state index contributed by atoms with van der Waals surface area (Å²) in [5, 5.41) is 12.9. The van der Waals surface area contributed by atoms with Crippen molar-refractivity contribution in [3.63, 3.8) is 0 Å². The molecule has 0 radical (unpaired) electrons. The lowest BCUT2D eigenvalue weighted by Gasteiger charge is -2.39. The van der Waals surface area contributed by atoms with Gasteiger partial charge >= 0.3 is 0 Å². The van der Waals surface area contributed by atoms with E-state index < -0.39 is 0 Å². The van der Waals surface area contributed by atoms with Crippen LogP contribution in [-0.2, 0) is 4.79 Å². The lowest BCUT2D eigenvalue weighted by molar-refractivity contribution is -0.125. The molecule has 0 aromatic carbocycles. The molecule has 3 atom stereocenters. The molecule has 2 fully saturated rings. The summed E-state index contributed by atoms with van der Waals surface area (Å²) >= 11 is 0. The quantitative estimate of drug-likeness (QED) is 0.787. The molecule has 4 heteroatoms. The minimum Gasteiger partial charge on any atom is -0.393 e. The molecule has 1 saturated heterocycles. The van der Waals surface area contributed by atoms with Gasteiger partial charge in [0.15, 0.2) is 0 Å². The van der Waals surface area contributed by atoms with Crippen LogP contribution in [0.4, 0.5) is 0 Å². The van der Waals surface area contributed by atoms with E-state index >= 15 is 0 Å². The van der Waals surface area contributed by atoms with Crippen molar-refractivity contribution < 1.29 is 9.90 Å². The second kappa shape index (κ2) is 5.57. The summed E-state index contributed by atoms with van der Waals surface area (Å²) in [5.74, 6) is 0.449. The fourth-order valence-electron chi connectivity index (χ4n) is 2.73. The maximum atomic E-state index is 11.8. The Bertz CT molecular complexity index is 290. The Morgan fingerprint density at radius 1 is 1.28 bits per heavy atom. The van der Waals surface area contributed by atoms with Crippen LogP contribution in [0, 0.1) is 11.8 Å². The smallest absolute Gasteiger partial charge is 0.222 e. The third-order valence-corrected chi connectivity index (χ3v) is 4.13. The van der Waals surface area contributed by atoms with Crippen LogP contribution < -0.4 is 5.32 Å². The van der Waals surface area contributed by atoms with Crippen LogP contribution in [0.15, 0.2) is 0 Å². The Morgan fingerprint density at radius 2 is 1.94 bits per heavy atom. The number of hydrogen-bond acceptors (Lipinski definition) is 3. The molecule has 0 spiro atoms. The fraction of sp³-hybridized carbons (Fsp3) is 0.929. The third-order valence-electron chi connectivity index (χ3n) is 4.13. The monoisotopic (exact) mass is 254 g/mol. The molecule has 0 aromatic heterocycles. The Balaban J connectivity index is 1.94. The van der Waals surface area contributed by atoms with Gasteiger partial charge in [-0.25, -0.2) is 0 Å². The van der Waals surface area contributed by atoms with E-state index in [0.29, 0.717) is 6.04 Å². The molecule has 3 unspecified atom stereocenters. The molecule has 18 heavy (non-hydrogen) atoms. The number of piperidine rings is 1. The molecule has 1 amide bonds. The van der Waals surface area contributed by atoms with E-state index in [1.807, 2.05) is 20.8 Å². The van der Waals surface area contributed by atoms with Crippen LogP contribution in [0.25, 0.3) is 0 Å². The van der Waals surface area contributed by atoms with Gasteiger partial charge in [-0.05, 0) is 32.1 Å². The van der Waals surface area contributed by atoms with E-state index in [0.717, 1.165) is 19.5 Å². The highest BCUT2D eigenvalue weighted by Gasteiger charge is 2.37. The molecule has 2 rings (SSSR count). The summed E-state index contributed by atoms with van der Waals surface area (Å²) in [5.41, 5.74) is 0. The van der Waals surface area contributed by atoms with Crippen LogP contribution in [0.2, 0.25) is 0 Å². The van der Waals surface area contributed by atoms with Gasteiger partial charge in [0.2, 0.25) is 5.91 Å². The molecule has 1 aliphatic heterocycles. The largest absolute Gasteiger partial charge is 0.393 e. The molecule has 4 nitrogen and oxygen atoms in total. The van der Waals surface area contributed by atoms with Crippen molar-refractivity contribution in [3.05, 3.63) is 0 Å². The maximum Gasteiger partial charge on any atom is 0.222 e. The summed E-state index contributed by atoms with van der Waals surface area (Å²) in [6.45, 7) is 7.64. The number of amides is 1. The number of nitrogens with zero attached hydrogens (tertiary/aromatic N) is 1. The van der Waals surface area contributed by atoms with Gasteiger partial charge in [-0.1, -0.05) is 13.8 Å². The third kappa shape index (κ3) is 3.45. The molecule has 1 heterocycles. The summed E-state index contributed by atoms with van der Waals surface area (Å²) < 4.78 is 0. The highest BCUT2D eigenvalue weighted by Crippen LogP contribution is 2.32. The number of hydrogen-bond donors (Lipinski definition) is 2. The lowest BCUT2D eigenvalue weighted by atomic mass is 9.90. The average Bonchev–Trinajstić information content (AvgIpc) is 3.12. The number of likely N-dealkylation sites (tertiary alicyclic amines) is 1. The molecule has 2 aliphatic rings. The van der Waals surface area contributed by atoms with Crippen LogP contribution in [0.3, 0.4) is 0 Å². The first-order valence-corrected chi connectivity index (χ1v) is 7.20. The van der Waals surface area contributed by atoms with Crippen molar-refractivity contribution in [1.82, 2.24) is 10.2 Å². The molecule has 1 aliphatic carbocycles. The molecule has 0 aromatic rings. The highest BCUT2D eigenvalue weighted by molar-refractivity contribution is 5.78. The van der Waals surface area contributed by atoms with Crippen LogP contribution >= 0.6 is 0 Å². The van der Waals surface area contributed by atoms with Crippen LogP contribution in [-0.4, -0.2) is 47.2 Å². The summed E-state index contributed by atoms with van der Waals surface area (Å²) in [7, 11) is 0. The van der Waals surface area contributed by atoms with Crippen LogP contribution in [0.1, 0.15) is 40.0 Å². The van der Waals surface area contributed by atoms with E-state index in [2.05, 4.69) is 10.2 Å². The fourth-order valence-corrected chi connectivity index (χ4v) is 2.73. The summed E-state index contributed by atoms with van der Waals surface area (Å²) in [6.07, 6.45) is 3.17. The van der Waals surface area contributed by atoms with Gasteiger partial charge in [-0.15, -0.1) is 0 Å². The zero-order chi connectivity index (χ0) is 13.3. The molecule has 2 N–H and O–H groups in total. The summed E-state index contributed by atoms with van der Waals surface area (Å²) in [6, 6.07) is 0.902. The minimum absolute atomic E-state index is 0.0336. The Kier molecular flexibility index (Phi) is 4.28. The number of nitrogens with one attached hydrogen (secondary N) is 1. The first kappa shape index (κ1) is 13.8. The predicted molar refractivity (Wildman–Crippen MR) is 71.2 cm³/mol. The van der Waals surface area contributed by atoms with Crippen molar-refractivity contribution in [2.75, 3.05) is 13.1 Å². The normalized spacial score (nSPS) is 31.4. The topological polar surface area (TPSA) is 52.6 Å². The first-order chi connectivity index (χ1) is 8.47. The van der Waals surface area contributed by atoms with Crippen LogP contribution in [0.5, 0.6) is 0 Å². The summed E-state index contributed by atoms with van der Waals surface area (Å²) in [4.78, 5) is 14.2. The van der Waals surface area contributed by atoms with Gasteiger partial charge in [0.05, 0.1) is 6.10 Å². The zero-order valence-electron chi connectivity index (χ0n) is 11.7. The number of carbonyl (C=O) groups is 1. The standard InChI is InChI=1S/C14H26N2O2/c1-9(2)14(18)15-12-6-11(10(3)17)7-16(8-12)13-4-5-13/h9-13,17H,4-8H2,1-3H3,(H,15,18). The highest BCUT2D eigenvalue weighted by atomic mass is 16.3.